The van der Waals surface area contributed by atoms with Crippen molar-refractivity contribution in [1.82, 2.24) is 20.0 Å². The Morgan fingerprint density at radius 1 is 1.26 bits per heavy atom. The number of amides is 1. The summed E-state index contributed by atoms with van der Waals surface area (Å²) in [5.74, 6) is 0.0583. The van der Waals surface area contributed by atoms with Crippen LogP contribution in [0, 0.1) is 19.7 Å². The first-order valence-electron chi connectivity index (χ1n) is 9.78. The highest BCUT2D eigenvalue weighted by molar-refractivity contribution is 5.78. The number of rotatable bonds is 9. The van der Waals surface area contributed by atoms with E-state index < -0.39 is 0 Å². The summed E-state index contributed by atoms with van der Waals surface area (Å²) in [6, 6.07) is 9.04. The molecule has 1 aliphatic rings. The van der Waals surface area contributed by atoms with E-state index in [0.717, 1.165) is 50.2 Å². The van der Waals surface area contributed by atoms with Crippen molar-refractivity contribution in [3.8, 4) is 0 Å². The summed E-state index contributed by atoms with van der Waals surface area (Å²) in [6.45, 7) is 7.16. The lowest BCUT2D eigenvalue weighted by molar-refractivity contribution is -0.129. The summed E-state index contributed by atoms with van der Waals surface area (Å²) in [4.78, 5) is 14.3. The van der Waals surface area contributed by atoms with Gasteiger partial charge in [-0.25, -0.2) is 4.39 Å². The third-order valence-electron chi connectivity index (χ3n) is 5.20. The van der Waals surface area contributed by atoms with Crippen molar-refractivity contribution in [2.45, 2.75) is 58.7 Å². The van der Waals surface area contributed by atoms with Gasteiger partial charge in [0.05, 0.1) is 5.69 Å². The molecule has 1 aromatic heterocycles. The van der Waals surface area contributed by atoms with Gasteiger partial charge in [-0.05, 0) is 63.4 Å². The van der Waals surface area contributed by atoms with Crippen LogP contribution in [0.4, 0.5) is 4.39 Å². The second kappa shape index (κ2) is 9.13. The number of hydrogen-bond donors (Lipinski definition) is 1. The Labute approximate surface area is 160 Å². The van der Waals surface area contributed by atoms with E-state index in [2.05, 4.69) is 23.4 Å². The number of aromatic nitrogens is 2. The molecular formula is C21H29FN4O. The van der Waals surface area contributed by atoms with Gasteiger partial charge >= 0.3 is 0 Å². The van der Waals surface area contributed by atoms with Gasteiger partial charge in [-0.15, -0.1) is 0 Å². The highest BCUT2D eigenvalue weighted by Crippen LogP contribution is 2.21. The predicted molar refractivity (Wildman–Crippen MR) is 104 cm³/mol. The molecule has 0 aliphatic carbocycles. The molecule has 1 fully saturated rings. The lowest BCUT2D eigenvalue weighted by atomic mass is 10.1. The van der Waals surface area contributed by atoms with E-state index in [1.807, 2.05) is 22.6 Å². The van der Waals surface area contributed by atoms with E-state index in [-0.39, 0.29) is 11.7 Å². The molecule has 0 radical (unpaired) electrons. The normalized spacial score (nSPS) is 17.1. The van der Waals surface area contributed by atoms with Crippen LogP contribution < -0.4 is 5.32 Å². The van der Waals surface area contributed by atoms with Gasteiger partial charge in [-0.3, -0.25) is 9.48 Å². The maximum atomic E-state index is 13.2. The summed E-state index contributed by atoms with van der Waals surface area (Å²) >= 11 is 0. The molecule has 0 saturated carbocycles. The molecule has 0 unspecified atom stereocenters. The molecule has 5 nitrogen and oxygen atoms in total. The largest absolute Gasteiger partial charge is 0.340 e. The summed E-state index contributed by atoms with van der Waals surface area (Å²) in [5.41, 5.74) is 3.14. The van der Waals surface area contributed by atoms with Crippen molar-refractivity contribution in [1.29, 1.82) is 0 Å². The number of hydrogen-bond acceptors (Lipinski definition) is 3. The Kier molecular flexibility index (Phi) is 6.61. The molecule has 27 heavy (non-hydrogen) atoms. The molecule has 0 bridgehead atoms. The Morgan fingerprint density at radius 3 is 2.85 bits per heavy atom. The highest BCUT2D eigenvalue weighted by Gasteiger charge is 2.29. The second-order valence-corrected chi connectivity index (χ2v) is 7.38. The van der Waals surface area contributed by atoms with E-state index in [4.69, 9.17) is 0 Å². The number of aryl methyl sites for hydroxylation is 3. The first-order valence-corrected chi connectivity index (χ1v) is 9.78. The van der Waals surface area contributed by atoms with Crippen LogP contribution in [-0.4, -0.2) is 39.7 Å². The van der Waals surface area contributed by atoms with Crippen molar-refractivity contribution >= 4 is 5.91 Å². The molecule has 0 spiro atoms. The monoisotopic (exact) mass is 372 g/mol. The number of benzene rings is 1. The Balaban J connectivity index is 1.41. The zero-order valence-corrected chi connectivity index (χ0v) is 16.2. The zero-order chi connectivity index (χ0) is 19.2. The minimum atomic E-state index is -0.204. The number of carbonyl (C=O) groups excluding carboxylic acids is 1. The maximum absolute atomic E-state index is 13.2. The minimum absolute atomic E-state index is 0.204. The summed E-state index contributed by atoms with van der Waals surface area (Å²) < 4.78 is 15.2. The Bertz CT molecular complexity index is 773. The lowest BCUT2D eigenvalue weighted by Crippen LogP contribution is -2.36. The first kappa shape index (κ1) is 19.5. The quantitative estimate of drug-likeness (QED) is 0.688. The molecule has 3 rings (SSSR count). The molecule has 1 aliphatic heterocycles. The van der Waals surface area contributed by atoms with E-state index in [1.54, 1.807) is 12.1 Å². The summed E-state index contributed by atoms with van der Waals surface area (Å²) in [7, 11) is 0. The number of carbonyl (C=O) groups is 1. The molecule has 2 aromatic rings. The van der Waals surface area contributed by atoms with Gasteiger partial charge in [-0.2, -0.15) is 5.10 Å². The van der Waals surface area contributed by atoms with Gasteiger partial charge in [0.1, 0.15) is 5.82 Å². The van der Waals surface area contributed by atoms with Crippen LogP contribution in [0.5, 0.6) is 0 Å². The van der Waals surface area contributed by atoms with Gasteiger partial charge in [0.15, 0.2) is 0 Å². The van der Waals surface area contributed by atoms with Crippen molar-refractivity contribution in [3.05, 3.63) is 53.1 Å². The summed E-state index contributed by atoms with van der Waals surface area (Å²) in [5, 5.41) is 7.85. The summed E-state index contributed by atoms with van der Waals surface area (Å²) in [6.07, 6.45) is 3.43. The fourth-order valence-electron chi connectivity index (χ4n) is 3.84. The SMILES string of the molecule is Cc1cc(C)n(CCCN2C(=O)CC[C@H]2CCNCc2cccc(F)c2)n1. The molecule has 1 N–H and O–H groups in total. The highest BCUT2D eigenvalue weighted by atomic mass is 19.1. The third kappa shape index (κ3) is 5.39. The standard InChI is InChI=1S/C21H29FN4O/c1-16-13-17(2)26(24-16)12-4-11-25-20(7-8-21(25)27)9-10-23-15-18-5-3-6-19(22)14-18/h3,5-6,13-14,20,23H,4,7-12,15H2,1-2H3/t20-/m0/s1. The molecule has 1 aromatic carbocycles. The molecule has 6 heteroatoms. The minimum Gasteiger partial charge on any atom is -0.340 e. The van der Waals surface area contributed by atoms with Gasteiger partial charge in [0, 0.05) is 37.8 Å². The van der Waals surface area contributed by atoms with E-state index in [1.165, 1.54) is 11.8 Å². The van der Waals surface area contributed by atoms with Crippen molar-refractivity contribution in [3.63, 3.8) is 0 Å². The fourth-order valence-corrected chi connectivity index (χ4v) is 3.84. The van der Waals surface area contributed by atoms with Crippen molar-refractivity contribution < 1.29 is 9.18 Å². The van der Waals surface area contributed by atoms with Gasteiger partial charge in [0.2, 0.25) is 5.91 Å². The lowest BCUT2D eigenvalue weighted by Gasteiger charge is -2.25. The first-order chi connectivity index (χ1) is 13.0. The fraction of sp³-hybridized carbons (Fsp3) is 0.524. The van der Waals surface area contributed by atoms with Gasteiger partial charge in [-0.1, -0.05) is 12.1 Å². The van der Waals surface area contributed by atoms with E-state index in [0.29, 0.717) is 19.0 Å². The number of halogens is 1. The smallest absolute Gasteiger partial charge is 0.222 e. The molecule has 1 atom stereocenters. The van der Waals surface area contributed by atoms with Crippen LogP contribution in [0.2, 0.25) is 0 Å². The average molecular weight is 372 g/mol. The maximum Gasteiger partial charge on any atom is 0.222 e. The molecular weight excluding hydrogens is 343 g/mol. The van der Waals surface area contributed by atoms with Crippen LogP contribution in [0.25, 0.3) is 0 Å². The second-order valence-electron chi connectivity index (χ2n) is 7.38. The number of nitrogens with one attached hydrogen (secondary N) is 1. The van der Waals surface area contributed by atoms with Gasteiger partial charge < -0.3 is 10.2 Å². The zero-order valence-electron chi connectivity index (χ0n) is 16.2. The number of likely N-dealkylation sites (tertiary alicyclic amines) is 1. The van der Waals surface area contributed by atoms with Crippen LogP contribution in [-0.2, 0) is 17.9 Å². The predicted octanol–water partition coefficient (Wildman–Crippen LogP) is 3.20. The van der Waals surface area contributed by atoms with Crippen molar-refractivity contribution in [2.24, 2.45) is 0 Å². The molecule has 2 heterocycles. The van der Waals surface area contributed by atoms with E-state index in [9.17, 15) is 9.18 Å². The molecule has 146 valence electrons. The topological polar surface area (TPSA) is 50.2 Å². The average Bonchev–Trinajstić information content (AvgIpc) is 3.14. The Hall–Kier alpha value is -2.21. The van der Waals surface area contributed by atoms with Crippen LogP contribution in [0.3, 0.4) is 0 Å². The Morgan fingerprint density at radius 2 is 2.11 bits per heavy atom. The van der Waals surface area contributed by atoms with Crippen LogP contribution >= 0.6 is 0 Å². The molecule has 1 amide bonds. The third-order valence-corrected chi connectivity index (χ3v) is 5.20. The van der Waals surface area contributed by atoms with E-state index >= 15 is 0 Å². The molecule has 1 saturated heterocycles. The number of nitrogens with zero attached hydrogens (tertiary/aromatic N) is 3. The van der Waals surface area contributed by atoms with Crippen LogP contribution in [0.15, 0.2) is 30.3 Å². The van der Waals surface area contributed by atoms with Crippen molar-refractivity contribution in [2.75, 3.05) is 13.1 Å². The van der Waals surface area contributed by atoms with Crippen LogP contribution in [0.1, 0.15) is 42.6 Å². The van der Waals surface area contributed by atoms with Gasteiger partial charge in [0.25, 0.3) is 0 Å².